The second-order valence-electron chi connectivity index (χ2n) is 7.15. The van der Waals surface area contributed by atoms with E-state index < -0.39 is 5.41 Å². The van der Waals surface area contributed by atoms with Crippen molar-refractivity contribution in [1.29, 1.82) is 0 Å². The van der Waals surface area contributed by atoms with Crippen molar-refractivity contribution in [2.75, 3.05) is 16.8 Å². The van der Waals surface area contributed by atoms with Gasteiger partial charge in [0, 0.05) is 24.2 Å². The van der Waals surface area contributed by atoms with Gasteiger partial charge in [0.25, 0.3) is 0 Å². The highest BCUT2D eigenvalue weighted by atomic mass is 19.1. The number of para-hydroxylation sites is 1. The Balaban J connectivity index is 1.75. The highest BCUT2D eigenvalue weighted by Gasteiger charge is 2.56. The van der Waals surface area contributed by atoms with E-state index in [1.807, 2.05) is 24.3 Å². The number of fused-ring (bicyclic) bond motifs is 4. The second kappa shape index (κ2) is 6.13. The first-order valence-electron chi connectivity index (χ1n) is 9.23. The monoisotopic (exact) mass is 388 g/mol. The van der Waals surface area contributed by atoms with Crippen LogP contribution < -0.4 is 10.2 Å². The van der Waals surface area contributed by atoms with E-state index in [1.165, 1.54) is 16.8 Å². The summed E-state index contributed by atoms with van der Waals surface area (Å²) in [5, 5.41) is 7.27. The lowest BCUT2D eigenvalue weighted by Gasteiger charge is -2.32. The maximum atomic E-state index is 13.6. The summed E-state index contributed by atoms with van der Waals surface area (Å²) in [6, 6.07) is 13.3. The molecule has 1 N–H and O–H groups in total. The molecule has 5 rings (SSSR count). The Morgan fingerprint density at radius 2 is 1.90 bits per heavy atom. The quantitative estimate of drug-likeness (QED) is 0.701. The molecule has 0 radical (unpaired) electrons. The van der Waals surface area contributed by atoms with Crippen LogP contribution in [0.5, 0.6) is 0 Å². The number of carbonyl (C=O) groups is 2. The first-order chi connectivity index (χ1) is 14.1. The van der Waals surface area contributed by atoms with Crippen molar-refractivity contribution in [2.24, 2.45) is 0 Å². The minimum Gasteiger partial charge on any atom is -0.310 e. The zero-order chi connectivity index (χ0) is 20.2. The summed E-state index contributed by atoms with van der Waals surface area (Å²) >= 11 is 0. The number of aromatic nitrogens is 2. The minimum absolute atomic E-state index is 0.00139. The average Bonchev–Trinajstić information content (AvgIpc) is 3.24. The first kappa shape index (κ1) is 17.4. The smallest absolute Gasteiger partial charge is 0.243 e. The van der Waals surface area contributed by atoms with Crippen LogP contribution in [0.4, 0.5) is 15.9 Å². The molecule has 2 aromatic carbocycles. The topological polar surface area (TPSA) is 67.2 Å². The third kappa shape index (κ3) is 2.30. The number of halogens is 1. The van der Waals surface area contributed by atoms with Crippen LogP contribution in [0.3, 0.4) is 0 Å². The van der Waals surface area contributed by atoms with Crippen LogP contribution in [-0.4, -0.2) is 28.1 Å². The van der Waals surface area contributed by atoms with Gasteiger partial charge in [-0.25, -0.2) is 9.07 Å². The lowest BCUT2D eigenvalue weighted by molar-refractivity contribution is -0.126. The Labute approximate surface area is 166 Å². The van der Waals surface area contributed by atoms with E-state index in [2.05, 4.69) is 17.0 Å². The Kier molecular flexibility index (Phi) is 3.67. The zero-order valence-corrected chi connectivity index (χ0v) is 15.4. The molecule has 1 atom stereocenters. The molecule has 1 unspecified atom stereocenters. The van der Waals surface area contributed by atoms with Crippen molar-refractivity contribution in [3.63, 3.8) is 0 Å². The summed E-state index contributed by atoms with van der Waals surface area (Å²) < 4.78 is 14.9. The molecule has 2 aliphatic rings. The SMILES string of the molecule is C=CCN1C(=O)C2(CC(=O)Nc3c2cnn3-c2ccc(F)cc2)c2ccccc21. The number of hydrogen-bond acceptors (Lipinski definition) is 3. The van der Waals surface area contributed by atoms with Gasteiger partial charge in [-0.05, 0) is 35.9 Å². The molecule has 0 bridgehead atoms. The summed E-state index contributed by atoms with van der Waals surface area (Å²) in [6.07, 6.45) is 3.28. The molecule has 2 amide bonds. The van der Waals surface area contributed by atoms with Gasteiger partial charge in [-0.15, -0.1) is 6.58 Å². The number of anilines is 2. The number of nitrogens with zero attached hydrogens (tertiary/aromatic N) is 3. The summed E-state index contributed by atoms with van der Waals surface area (Å²) in [6.45, 7) is 4.10. The van der Waals surface area contributed by atoms with Crippen LogP contribution in [-0.2, 0) is 15.0 Å². The van der Waals surface area contributed by atoms with Gasteiger partial charge in [0.05, 0.1) is 11.9 Å². The second-order valence-corrected chi connectivity index (χ2v) is 7.15. The molecule has 29 heavy (non-hydrogen) atoms. The normalized spacial score (nSPS) is 19.8. The zero-order valence-electron chi connectivity index (χ0n) is 15.4. The van der Waals surface area contributed by atoms with Crippen molar-refractivity contribution < 1.29 is 14.0 Å². The van der Waals surface area contributed by atoms with E-state index in [4.69, 9.17) is 0 Å². The Bertz CT molecular complexity index is 1170. The molecule has 6 nitrogen and oxygen atoms in total. The fourth-order valence-corrected chi connectivity index (χ4v) is 4.34. The molecule has 2 aliphatic heterocycles. The largest absolute Gasteiger partial charge is 0.310 e. The number of amides is 2. The van der Waals surface area contributed by atoms with Gasteiger partial charge >= 0.3 is 0 Å². The Morgan fingerprint density at radius 1 is 1.14 bits per heavy atom. The molecule has 144 valence electrons. The average molecular weight is 388 g/mol. The van der Waals surface area contributed by atoms with Crippen LogP contribution in [0.2, 0.25) is 0 Å². The fraction of sp³-hybridized carbons (Fsp3) is 0.136. The summed E-state index contributed by atoms with van der Waals surface area (Å²) in [5.41, 5.74) is 1.63. The van der Waals surface area contributed by atoms with Gasteiger partial charge in [-0.2, -0.15) is 5.10 Å². The summed E-state index contributed by atoms with van der Waals surface area (Å²) in [5.74, 6) is -0.384. The molecule has 1 spiro atoms. The lowest BCUT2D eigenvalue weighted by Crippen LogP contribution is -2.46. The van der Waals surface area contributed by atoms with E-state index in [0.717, 1.165) is 11.3 Å². The van der Waals surface area contributed by atoms with Crippen LogP contribution in [0.25, 0.3) is 5.69 Å². The molecule has 3 aromatic rings. The van der Waals surface area contributed by atoms with Gasteiger partial charge in [0.1, 0.15) is 17.1 Å². The van der Waals surface area contributed by atoms with Crippen molar-refractivity contribution in [3.8, 4) is 5.69 Å². The third-order valence-corrected chi connectivity index (χ3v) is 5.56. The van der Waals surface area contributed by atoms with Crippen molar-refractivity contribution in [2.45, 2.75) is 11.8 Å². The standard InChI is InChI=1S/C22H17FN4O2/c1-2-11-26-18-6-4-3-5-16(18)22(21(26)29)12-19(28)25-20-17(22)13-24-27(20)15-9-7-14(23)8-10-15/h2-10,13H,1,11-12H2,(H,25,28). The number of nitrogens with one attached hydrogen (secondary N) is 1. The van der Waals surface area contributed by atoms with Gasteiger partial charge in [-0.3, -0.25) is 9.59 Å². The van der Waals surface area contributed by atoms with E-state index in [1.54, 1.807) is 29.3 Å². The van der Waals surface area contributed by atoms with E-state index in [9.17, 15) is 14.0 Å². The van der Waals surface area contributed by atoms with Gasteiger partial charge in [0.2, 0.25) is 11.8 Å². The Hall–Kier alpha value is -3.74. The van der Waals surface area contributed by atoms with Gasteiger partial charge in [0.15, 0.2) is 0 Å². The molecular weight excluding hydrogens is 371 g/mol. The van der Waals surface area contributed by atoms with Crippen LogP contribution in [0, 0.1) is 5.82 Å². The lowest BCUT2D eigenvalue weighted by atomic mass is 9.72. The minimum atomic E-state index is -1.14. The molecule has 1 aromatic heterocycles. The molecule has 0 saturated heterocycles. The van der Waals surface area contributed by atoms with Crippen molar-refractivity contribution in [3.05, 3.63) is 84.3 Å². The predicted octanol–water partition coefficient (Wildman–Crippen LogP) is 3.17. The van der Waals surface area contributed by atoms with E-state index >= 15 is 0 Å². The number of carbonyl (C=O) groups excluding carboxylic acids is 2. The highest BCUT2D eigenvalue weighted by Crippen LogP contribution is 2.52. The maximum absolute atomic E-state index is 13.6. The van der Waals surface area contributed by atoms with Crippen LogP contribution in [0.15, 0.2) is 67.4 Å². The predicted molar refractivity (Wildman–Crippen MR) is 107 cm³/mol. The number of hydrogen-bond donors (Lipinski definition) is 1. The fourth-order valence-electron chi connectivity index (χ4n) is 4.34. The molecule has 0 saturated carbocycles. The summed E-state index contributed by atoms with van der Waals surface area (Å²) in [4.78, 5) is 28.0. The molecular formula is C22H17FN4O2. The van der Waals surface area contributed by atoms with Crippen molar-refractivity contribution >= 4 is 23.3 Å². The maximum Gasteiger partial charge on any atom is 0.243 e. The number of rotatable bonds is 3. The Morgan fingerprint density at radius 3 is 2.66 bits per heavy atom. The molecule has 0 aliphatic carbocycles. The van der Waals surface area contributed by atoms with E-state index in [0.29, 0.717) is 23.6 Å². The van der Waals surface area contributed by atoms with Gasteiger partial charge in [-0.1, -0.05) is 24.3 Å². The van der Waals surface area contributed by atoms with Crippen LogP contribution in [0.1, 0.15) is 17.5 Å². The number of benzene rings is 2. The molecule has 3 heterocycles. The highest BCUT2D eigenvalue weighted by molar-refractivity contribution is 6.15. The first-order valence-corrected chi connectivity index (χ1v) is 9.23. The molecule has 0 fully saturated rings. The van der Waals surface area contributed by atoms with E-state index in [-0.39, 0.29) is 24.1 Å². The van der Waals surface area contributed by atoms with Gasteiger partial charge < -0.3 is 10.2 Å². The molecule has 7 heteroatoms. The third-order valence-electron chi connectivity index (χ3n) is 5.56. The summed E-state index contributed by atoms with van der Waals surface area (Å²) in [7, 11) is 0. The van der Waals surface area contributed by atoms with Crippen molar-refractivity contribution in [1.82, 2.24) is 9.78 Å². The van der Waals surface area contributed by atoms with Crippen LogP contribution >= 0.6 is 0 Å².